The van der Waals surface area contributed by atoms with Gasteiger partial charge in [-0.05, 0) is 24.6 Å². The summed E-state index contributed by atoms with van der Waals surface area (Å²) in [7, 11) is 0. The molecule has 0 radical (unpaired) electrons. The monoisotopic (exact) mass is 296 g/mol. The minimum atomic E-state index is 0.134. The Balaban J connectivity index is 1.84. The fraction of sp³-hybridized carbons (Fsp3) is 0.333. The molecule has 1 atom stereocenters. The lowest BCUT2D eigenvalue weighted by Gasteiger charge is -2.33. The summed E-state index contributed by atoms with van der Waals surface area (Å²) >= 11 is 0. The molecule has 1 aliphatic rings. The van der Waals surface area contributed by atoms with Gasteiger partial charge in [0.05, 0.1) is 25.5 Å². The molecule has 1 aromatic carbocycles. The summed E-state index contributed by atoms with van der Waals surface area (Å²) in [5, 5.41) is 1.27. The summed E-state index contributed by atoms with van der Waals surface area (Å²) in [6.07, 6.45) is 3.88. The predicted octanol–water partition coefficient (Wildman–Crippen LogP) is 3.49. The molecule has 4 nitrogen and oxygen atoms in total. The van der Waals surface area contributed by atoms with Crippen molar-refractivity contribution in [1.82, 2.24) is 9.88 Å². The number of nitrogens with zero attached hydrogens (tertiary/aromatic N) is 1. The largest absolute Gasteiger partial charge is 0.467 e. The number of fused-ring (bicyclic) bond motifs is 1. The second-order valence-corrected chi connectivity index (χ2v) is 5.81. The van der Waals surface area contributed by atoms with E-state index in [9.17, 15) is 0 Å². The average Bonchev–Trinajstić information content (AvgIpc) is 3.20. The first kappa shape index (κ1) is 13.6. The number of rotatable bonds is 3. The van der Waals surface area contributed by atoms with Crippen molar-refractivity contribution in [2.75, 3.05) is 26.3 Å². The van der Waals surface area contributed by atoms with E-state index in [2.05, 4.69) is 47.3 Å². The highest BCUT2D eigenvalue weighted by Gasteiger charge is 2.28. The van der Waals surface area contributed by atoms with Gasteiger partial charge in [-0.25, -0.2) is 0 Å². The second kappa shape index (κ2) is 5.63. The average molecular weight is 296 g/mol. The van der Waals surface area contributed by atoms with Crippen LogP contribution >= 0.6 is 0 Å². The lowest BCUT2D eigenvalue weighted by Crippen LogP contribution is -2.39. The third kappa shape index (κ3) is 2.25. The van der Waals surface area contributed by atoms with Gasteiger partial charge in [0.25, 0.3) is 0 Å². The minimum absolute atomic E-state index is 0.134. The molecule has 4 rings (SSSR count). The zero-order valence-electron chi connectivity index (χ0n) is 12.7. The van der Waals surface area contributed by atoms with Crippen LogP contribution in [-0.2, 0) is 4.74 Å². The summed E-state index contributed by atoms with van der Waals surface area (Å²) in [4.78, 5) is 5.88. The number of hydrogen-bond donors (Lipinski definition) is 1. The molecule has 0 aliphatic carbocycles. The van der Waals surface area contributed by atoms with Crippen molar-refractivity contribution in [1.29, 1.82) is 0 Å². The van der Waals surface area contributed by atoms with Crippen LogP contribution in [0.25, 0.3) is 10.9 Å². The van der Waals surface area contributed by atoms with E-state index in [1.165, 1.54) is 22.0 Å². The fourth-order valence-electron chi connectivity index (χ4n) is 3.37. The summed E-state index contributed by atoms with van der Waals surface area (Å²) in [5.41, 5.74) is 3.75. The first-order chi connectivity index (χ1) is 10.8. The number of ether oxygens (including phenoxy) is 1. The highest BCUT2D eigenvalue weighted by Crippen LogP contribution is 2.35. The lowest BCUT2D eigenvalue weighted by atomic mass is 10.0. The molecule has 1 saturated heterocycles. The Morgan fingerprint density at radius 2 is 2.00 bits per heavy atom. The smallest absolute Gasteiger partial charge is 0.125 e. The highest BCUT2D eigenvalue weighted by atomic mass is 16.5. The van der Waals surface area contributed by atoms with E-state index in [1.807, 2.05) is 6.07 Å². The van der Waals surface area contributed by atoms with Crippen LogP contribution in [0, 0.1) is 6.92 Å². The second-order valence-electron chi connectivity index (χ2n) is 5.81. The number of hydrogen-bond acceptors (Lipinski definition) is 3. The van der Waals surface area contributed by atoms with Crippen molar-refractivity contribution in [3.8, 4) is 0 Å². The summed E-state index contributed by atoms with van der Waals surface area (Å²) in [6.45, 7) is 5.53. The number of H-pyrrole nitrogens is 1. The number of furan rings is 1. The number of benzene rings is 1. The Morgan fingerprint density at radius 1 is 1.14 bits per heavy atom. The Labute approximate surface area is 129 Å². The van der Waals surface area contributed by atoms with Crippen molar-refractivity contribution in [3.05, 3.63) is 59.7 Å². The summed E-state index contributed by atoms with van der Waals surface area (Å²) in [6, 6.07) is 10.6. The number of aromatic nitrogens is 1. The van der Waals surface area contributed by atoms with Gasteiger partial charge < -0.3 is 14.1 Å². The van der Waals surface area contributed by atoms with Crippen LogP contribution < -0.4 is 0 Å². The van der Waals surface area contributed by atoms with Crippen molar-refractivity contribution in [2.45, 2.75) is 13.0 Å². The zero-order chi connectivity index (χ0) is 14.9. The van der Waals surface area contributed by atoms with Crippen LogP contribution in [0.2, 0.25) is 0 Å². The molecule has 3 heterocycles. The molecule has 1 aliphatic heterocycles. The molecule has 1 fully saturated rings. The number of morpholine rings is 1. The van der Waals surface area contributed by atoms with Crippen molar-refractivity contribution in [2.24, 2.45) is 0 Å². The third-order valence-electron chi connectivity index (χ3n) is 4.47. The lowest BCUT2D eigenvalue weighted by molar-refractivity contribution is 0.0204. The summed E-state index contributed by atoms with van der Waals surface area (Å²) in [5.74, 6) is 0.990. The van der Waals surface area contributed by atoms with Crippen molar-refractivity contribution < 1.29 is 9.15 Å². The van der Waals surface area contributed by atoms with Gasteiger partial charge in [-0.2, -0.15) is 0 Å². The molecule has 114 valence electrons. The van der Waals surface area contributed by atoms with Crippen LogP contribution in [0.15, 0.2) is 47.2 Å². The van der Waals surface area contributed by atoms with Gasteiger partial charge in [0, 0.05) is 35.8 Å². The van der Waals surface area contributed by atoms with Gasteiger partial charge in [0.1, 0.15) is 5.76 Å². The van der Waals surface area contributed by atoms with Crippen LogP contribution in [0.5, 0.6) is 0 Å². The third-order valence-corrected chi connectivity index (χ3v) is 4.47. The summed E-state index contributed by atoms with van der Waals surface area (Å²) < 4.78 is 11.3. The van der Waals surface area contributed by atoms with Gasteiger partial charge in [-0.1, -0.05) is 18.2 Å². The molecular weight excluding hydrogens is 276 g/mol. The number of aryl methyl sites for hydroxylation is 1. The van der Waals surface area contributed by atoms with E-state index in [-0.39, 0.29) is 6.04 Å². The standard InChI is InChI=1S/C18H20N2O2/c1-13-4-2-5-14-15(12-19-17(13)14)18(16-6-3-9-22-16)20-7-10-21-11-8-20/h2-6,9,12,18-19H,7-8,10-11H2,1H3. The maximum absolute atomic E-state index is 5.76. The molecule has 1 unspecified atom stereocenters. The molecule has 0 spiro atoms. The highest BCUT2D eigenvalue weighted by molar-refractivity contribution is 5.86. The van der Waals surface area contributed by atoms with Gasteiger partial charge >= 0.3 is 0 Å². The van der Waals surface area contributed by atoms with Crippen LogP contribution in [-0.4, -0.2) is 36.2 Å². The van der Waals surface area contributed by atoms with Gasteiger partial charge in [-0.15, -0.1) is 0 Å². The SMILES string of the molecule is Cc1cccc2c(C(c3ccco3)N3CCOCC3)c[nH]c12. The van der Waals surface area contributed by atoms with E-state index >= 15 is 0 Å². The first-order valence-corrected chi connectivity index (χ1v) is 7.76. The van der Waals surface area contributed by atoms with Crippen molar-refractivity contribution >= 4 is 10.9 Å². The van der Waals surface area contributed by atoms with Crippen molar-refractivity contribution in [3.63, 3.8) is 0 Å². The number of nitrogens with one attached hydrogen (secondary N) is 1. The Hall–Kier alpha value is -2.04. The quantitative estimate of drug-likeness (QED) is 0.804. The van der Waals surface area contributed by atoms with Gasteiger partial charge in [0.2, 0.25) is 0 Å². The minimum Gasteiger partial charge on any atom is -0.467 e. The first-order valence-electron chi connectivity index (χ1n) is 7.76. The van der Waals surface area contributed by atoms with E-state index in [0.717, 1.165) is 32.1 Å². The molecule has 0 bridgehead atoms. The molecule has 22 heavy (non-hydrogen) atoms. The molecule has 0 saturated carbocycles. The maximum atomic E-state index is 5.76. The molecule has 2 aromatic heterocycles. The van der Waals surface area contributed by atoms with Gasteiger partial charge in [0.15, 0.2) is 0 Å². The van der Waals surface area contributed by atoms with Crippen LogP contribution in [0.1, 0.15) is 22.9 Å². The van der Waals surface area contributed by atoms with E-state index in [1.54, 1.807) is 6.26 Å². The van der Waals surface area contributed by atoms with Gasteiger partial charge in [-0.3, -0.25) is 4.90 Å². The van der Waals surface area contributed by atoms with E-state index in [4.69, 9.17) is 9.15 Å². The van der Waals surface area contributed by atoms with E-state index in [0.29, 0.717) is 0 Å². The zero-order valence-corrected chi connectivity index (χ0v) is 12.7. The normalized spacial score (nSPS) is 17.9. The molecule has 4 heteroatoms. The molecule has 1 N–H and O–H groups in total. The molecular formula is C18H20N2O2. The molecule has 3 aromatic rings. The Bertz CT molecular complexity index is 755. The van der Waals surface area contributed by atoms with Crippen LogP contribution in [0.4, 0.5) is 0 Å². The number of para-hydroxylation sites is 1. The predicted molar refractivity (Wildman–Crippen MR) is 86.0 cm³/mol. The Kier molecular flexibility index (Phi) is 3.48. The maximum Gasteiger partial charge on any atom is 0.125 e. The van der Waals surface area contributed by atoms with E-state index < -0.39 is 0 Å². The number of aromatic amines is 1. The fourth-order valence-corrected chi connectivity index (χ4v) is 3.37. The Morgan fingerprint density at radius 3 is 2.77 bits per heavy atom. The topological polar surface area (TPSA) is 41.4 Å². The van der Waals surface area contributed by atoms with Crippen LogP contribution in [0.3, 0.4) is 0 Å². The molecule has 0 amide bonds.